The molecular weight excluding hydrogens is 1970 g/mol. The summed E-state index contributed by atoms with van der Waals surface area (Å²) in [6.07, 6.45) is 26.0. The number of nitrogens with zero attached hydrogens (tertiary/aromatic N) is 11. The summed E-state index contributed by atoms with van der Waals surface area (Å²) in [4.78, 5) is 117. The number of carbonyl (C=O) groups excluding carboxylic acids is 7. The van der Waals surface area contributed by atoms with Crippen LogP contribution in [0.1, 0.15) is 261 Å². The summed E-state index contributed by atoms with van der Waals surface area (Å²) in [7, 11) is -0.233. The maximum atomic E-state index is 14.4. The van der Waals surface area contributed by atoms with Gasteiger partial charge in [0.05, 0.1) is 65.5 Å². The minimum Gasteiger partial charge on any atom is -0.481 e. The van der Waals surface area contributed by atoms with E-state index in [0.29, 0.717) is 77.7 Å². The predicted molar refractivity (Wildman–Crippen MR) is 586 cm³/mol. The highest BCUT2D eigenvalue weighted by Gasteiger charge is 2.53. The number of hydrogen-bond donors (Lipinski definition) is 3. The molecule has 2 aliphatic carbocycles. The second kappa shape index (κ2) is 63.2. The second-order valence-corrected chi connectivity index (χ2v) is 45.5. The number of rotatable bonds is 17. The van der Waals surface area contributed by atoms with Crippen molar-refractivity contribution in [3.05, 3.63) is 135 Å². The zero-order valence-electron chi connectivity index (χ0n) is 84.7. The number of allylic oxidation sites excluding steroid dienone is 2. The average molecular weight is 2150 g/mol. The number of carboxylic acid groups (broad SMARTS) is 1. The smallest absolute Gasteiger partial charge is 0.410 e. The summed E-state index contributed by atoms with van der Waals surface area (Å²) in [6, 6.07) is 15.3. The summed E-state index contributed by atoms with van der Waals surface area (Å²) in [5.41, 5.74) is -0.378. The van der Waals surface area contributed by atoms with E-state index in [1.807, 2.05) is 84.3 Å². The molecule has 3 aromatic carbocycles. The van der Waals surface area contributed by atoms with E-state index in [1.165, 1.54) is 121 Å². The Hall–Kier alpha value is -9.18. The van der Waals surface area contributed by atoms with Crippen molar-refractivity contribution in [1.82, 2.24) is 63.9 Å². The van der Waals surface area contributed by atoms with E-state index in [-0.39, 0.29) is 185 Å². The lowest BCUT2D eigenvalue weighted by Crippen LogP contribution is -2.45. The molecule has 2 saturated carbocycles. The fraction of sp³-hybridized carbons (Fsp3) is 0.642. The number of pyridine rings is 3. The van der Waals surface area contributed by atoms with Crippen LogP contribution in [-0.4, -0.2) is 266 Å². The van der Waals surface area contributed by atoms with E-state index < -0.39 is 52.5 Å². The molecule has 31 nitrogen and oxygen atoms in total. The fourth-order valence-electron chi connectivity index (χ4n) is 20.3. The number of aromatic nitrogens is 3. The van der Waals surface area contributed by atoms with Gasteiger partial charge in [0.15, 0.2) is 17.5 Å². The Labute approximate surface area is 884 Å². The van der Waals surface area contributed by atoms with Crippen molar-refractivity contribution in [2.75, 3.05) is 80.7 Å². The van der Waals surface area contributed by atoms with Crippen molar-refractivity contribution in [3.8, 4) is 0 Å². The summed E-state index contributed by atoms with van der Waals surface area (Å²) < 4.78 is 126. The Balaban J connectivity index is 0. The number of hydrogen-bond acceptors (Lipinski definition) is 22. The number of hydroxylamine groups is 4. The molecule has 8 aliphatic heterocycles. The highest BCUT2D eigenvalue weighted by Crippen LogP contribution is 2.45. The zero-order chi connectivity index (χ0) is 104. The summed E-state index contributed by atoms with van der Waals surface area (Å²) in [5.74, 6) is 1.86. The van der Waals surface area contributed by atoms with Gasteiger partial charge in [-0.25, -0.2) is 53.3 Å². The van der Waals surface area contributed by atoms with Gasteiger partial charge >= 0.3 is 12.1 Å². The number of halogens is 4. The number of carboxylic acids is 1. The molecule has 11 heterocycles. The Morgan fingerprint density at radius 3 is 1.27 bits per heavy atom. The topological polar surface area (TPSA) is 376 Å². The molecule has 6 aromatic rings. The first-order valence-corrected chi connectivity index (χ1v) is 53.3. The number of benzene rings is 3. The molecule has 17 unspecified atom stereocenters. The van der Waals surface area contributed by atoms with Gasteiger partial charge < -0.3 is 44.9 Å². The van der Waals surface area contributed by atoms with Gasteiger partial charge in [-0.3, -0.25) is 53.4 Å². The third kappa shape index (κ3) is 36.6. The van der Waals surface area contributed by atoms with Crippen molar-refractivity contribution in [2.45, 2.75) is 329 Å². The molecule has 0 spiro atoms. The van der Waals surface area contributed by atoms with Crippen LogP contribution in [0.4, 0.5) is 18.0 Å². The monoisotopic (exact) mass is 2150 g/mol. The lowest BCUT2D eigenvalue weighted by molar-refractivity contribution is -0.173. The zero-order valence-corrected chi connectivity index (χ0v) is 87.9. The standard InChI is InChI=1S/C18H20FN3O3S.C16H18FN3O2S.C13H23NO2.C10H17NO.C9H5ClFNO2S.C9H16N2O.C9H17NO2.C7H12O.C6H13NO2.C4H8O2.8CH4/c1-11-18-14(6-7-21(18)12(2)23)10-22(11)26(24,25)16-5-3-4-13-8-20-9-15(19)17(13)16;1-10-16-12(5-6-19-16)9-20(10)23(21,22)14-4-2-3-11-7-18-8-13(17)15(11)14;1-9-5-6-10-7-8-14(11(9)10)12(15)16-13(2,3)4;1-7-3-4-9-5-6-11(8(2)12)10(7)9;10-15(13,14)8-3-1-2-6-4-12-5-7(11)9(6)8;1-6-9-8(5-10-6)3-4-11(9)7(2)12;1-5-6-7-8(2)9(11)10(3)12-4;1-3-4-5-7(2)6-8;1-5(2)6(8)7(3)9-4;1-3(2)4(5)6;;;;;;;;/h3-5,8-9,11,14,18H,6-7,10H2,1-2H3;2-4,7-8,10,12,16,19H,5-6,9H2,1H3;9-11H,5-8H2,1-4H3;7,9-10H,3-6H2,1-2H3;1-5H;6,8-10H,3-5H2,1-2H3;5,8H,1,6-7H2,2-4H3;3,6-7H,1,4-5H2,2H3;5H,1-4H3;3H,1-2H3,(H,5,6);8*1H4. The Morgan fingerprint density at radius 2 is 0.878 bits per heavy atom. The average Bonchev–Trinajstić information content (AvgIpc) is 1.62. The Morgan fingerprint density at radius 1 is 0.503 bits per heavy atom. The first-order valence-electron chi connectivity index (χ1n) is 48.1. The molecule has 0 bridgehead atoms. The van der Waals surface area contributed by atoms with Gasteiger partial charge in [0.1, 0.15) is 11.9 Å². The predicted octanol–water partition coefficient (Wildman–Crippen LogP) is 20.8. The van der Waals surface area contributed by atoms with Crippen molar-refractivity contribution in [2.24, 2.45) is 65.1 Å². The van der Waals surface area contributed by atoms with Gasteiger partial charge in [-0.05, 0) is 191 Å². The summed E-state index contributed by atoms with van der Waals surface area (Å²) >= 11 is 0. The number of aldehydes is 1. The molecule has 8 saturated heterocycles. The molecule has 6 amide bonds. The van der Waals surface area contributed by atoms with Crippen LogP contribution in [0.5, 0.6) is 0 Å². The largest absolute Gasteiger partial charge is 0.481 e. The number of sulfonamides is 2. The second-order valence-electron chi connectivity index (χ2n) is 39.2. The molecule has 17 atom stereocenters. The highest BCUT2D eigenvalue weighted by molar-refractivity contribution is 8.14. The number of nitrogens with one attached hydrogen (secondary N) is 2. The molecule has 3 aromatic heterocycles. The van der Waals surface area contributed by atoms with Crippen molar-refractivity contribution >= 4 is 120 Å². The van der Waals surface area contributed by atoms with E-state index in [1.54, 1.807) is 77.0 Å². The summed E-state index contributed by atoms with van der Waals surface area (Å²) in [6.45, 7) is 45.4. The maximum absolute atomic E-state index is 14.4. The minimum absolute atomic E-state index is 0. The molecule has 16 rings (SSSR count). The van der Waals surface area contributed by atoms with Crippen molar-refractivity contribution < 1.29 is 96.3 Å². The number of fused-ring (bicyclic) bond motifs is 8. The lowest BCUT2D eigenvalue weighted by atomic mass is 10.0. The molecule has 147 heavy (non-hydrogen) atoms. The van der Waals surface area contributed by atoms with Crippen LogP contribution in [0.15, 0.2) is 132 Å². The maximum Gasteiger partial charge on any atom is 0.410 e. The van der Waals surface area contributed by atoms with Crippen LogP contribution in [0, 0.1) is 82.5 Å². The Bertz CT molecular complexity index is 5500. The van der Waals surface area contributed by atoms with Crippen LogP contribution in [0.2, 0.25) is 0 Å². The molecule has 0 radical (unpaired) electrons. The van der Waals surface area contributed by atoms with E-state index >= 15 is 0 Å². The number of aliphatic carboxylic acids is 1. The van der Waals surface area contributed by atoms with Gasteiger partial charge in [0.2, 0.25) is 49.6 Å². The molecule has 10 fully saturated rings. The van der Waals surface area contributed by atoms with E-state index in [0.717, 1.165) is 120 Å². The van der Waals surface area contributed by atoms with Crippen LogP contribution in [0.25, 0.3) is 32.3 Å². The first-order chi connectivity index (χ1) is 65.3. The van der Waals surface area contributed by atoms with Crippen molar-refractivity contribution in [3.63, 3.8) is 0 Å². The van der Waals surface area contributed by atoms with Crippen LogP contribution < -0.4 is 10.6 Å². The van der Waals surface area contributed by atoms with E-state index in [9.17, 15) is 76.8 Å². The Kier molecular flexibility index (Phi) is 60.1. The minimum atomic E-state index is -3.95. The number of ether oxygens (including phenoxy) is 1. The van der Waals surface area contributed by atoms with Gasteiger partial charge in [0.25, 0.3) is 9.05 Å². The summed E-state index contributed by atoms with van der Waals surface area (Å²) in [5, 5.41) is 18.8. The van der Waals surface area contributed by atoms with Gasteiger partial charge in [-0.15, -0.1) is 13.2 Å². The third-order valence-corrected chi connectivity index (χ3v) is 33.0. The lowest BCUT2D eigenvalue weighted by Gasteiger charge is -2.30. The molecule has 836 valence electrons. The normalized spacial score (nSPS) is 23.2. The molecule has 38 heteroatoms. The van der Waals surface area contributed by atoms with Crippen LogP contribution in [0.3, 0.4) is 0 Å². The number of carbonyl (C=O) groups is 8. The highest BCUT2D eigenvalue weighted by atomic mass is 35.7. The SMILES string of the molecule is C.C.C.C.C.C.C.C.C=CCCC(C)C(=O)N(C)OC.C=CCCC(C)C=O.CC(=O)N1CCC2CCC(C)C21.CC(=O)N1CCC2CN(S(=O)(=O)c3cccc4cncc(F)c34)C(C)C21.CC(=O)N1CCC2CNC(C)C21.CC(C)C(=O)O.CC1C2NCCC2CN1S(=O)(=O)c1cccc2cncc(F)c12.CC1CCC2CCN(C(=O)OC(C)(C)C)C12.CON(C)C(=O)C(C)C.O=S(=O)(Cl)c1cccc2cncc(F)c12. The van der Waals surface area contributed by atoms with Crippen LogP contribution >= 0.6 is 10.7 Å². The van der Waals surface area contributed by atoms with Gasteiger partial charge in [0, 0.05) is 196 Å². The third-order valence-electron chi connectivity index (χ3n) is 27.7. The molecule has 10 aliphatic rings. The van der Waals surface area contributed by atoms with E-state index in [4.69, 9.17) is 25.4 Å². The van der Waals surface area contributed by atoms with Gasteiger partial charge in [-0.1, -0.05) is 163 Å². The quantitative estimate of drug-likeness (QED) is 0.0330. The van der Waals surface area contributed by atoms with Crippen LogP contribution in [-0.2, 0) is 77.1 Å². The first kappa shape index (κ1) is 140. The number of likely N-dealkylation sites (tertiary alicyclic amines) is 4. The van der Waals surface area contributed by atoms with Crippen molar-refractivity contribution in [1.29, 1.82) is 0 Å². The van der Waals surface area contributed by atoms with Gasteiger partial charge in [-0.2, -0.15) is 8.61 Å². The molecular formula is C109H181ClF3N13O18S3. The fourth-order valence-corrected chi connectivity index (χ4v) is 25.3. The molecule has 3 N–H and O–H groups in total. The van der Waals surface area contributed by atoms with E-state index in [2.05, 4.69) is 69.3 Å². The number of amides is 6.